The molecule has 0 bridgehead atoms. The van der Waals surface area contributed by atoms with Crippen LogP contribution in [0.15, 0.2) is 42.6 Å². The van der Waals surface area contributed by atoms with Crippen LogP contribution in [0.3, 0.4) is 0 Å². The minimum atomic E-state index is 0.0706. The summed E-state index contributed by atoms with van der Waals surface area (Å²) >= 11 is 0. The molecule has 110 valence electrons. The predicted octanol–water partition coefficient (Wildman–Crippen LogP) is 3.43. The third kappa shape index (κ3) is 3.40. The molecule has 0 saturated heterocycles. The van der Waals surface area contributed by atoms with E-state index in [1.54, 1.807) is 0 Å². The average molecular weight is 282 g/mol. The lowest BCUT2D eigenvalue weighted by Crippen LogP contribution is -2.16. The molecule has 0 aliphatic rings. The van der Waals surface area contributed by atoms with Crippen molar-refractivity contribution < 1.29 is 0 Å². The van der Waals surface area contributed by atoms with E-state index in [1.165, 1.54) is 5.56 Å². The highest BCUT2D eigenvalue weighted by Gasteiger charge is 2.14. The first kappa shape index (κ1) is 15.0. The maximum atomic E-state index is 7.52. The molecule has 0 spiro atoms. The van der Waals surface area contributed by atoms with Crippen LogP contribution in [-0.2, 0) is 5.41 Å². The largest absolute Gasteiger partial charge is 0.384 e. The fourth-order valence-electron chi connectivity index (χ4n) is 2.04. The van der Waals surface area contributed by atoms with Crippen molar-refractivity contribution in [2.75, 3.05) is 11.9 Å². The summed E-state index contributed by atoms with van der Waals surface area (Å²) in [6.07, 6.45) is 1.92. The lowest BCUT2D eigenvalue weighted by Gasteiger charge is -2.22. The zero-order valence-corrected chi connectivity index (χ0v) is 13.0. The van der Waals surface area contributed by atoms with Gasteiger partial charge in [-0.05, 0) is 29.2 Å². The molecule has 3 N–H and O–H groups in total. The molecule has 1 aromatic heterocycles. The Labute approximate surface area is 126 Å². The summed E-state index contributed by atoms with van der Waals surface area (Å²) in [5, 5.41) is 7.52. The van der Waals surface area contributed by atoms with Gasteiger partial charge in [-0.15, -0.1) is 0 Å². The van der Waals surface area contributed by atoms with Gasteiger partial charge in [0.25, 0.3) is 0 Å². The van der Waals surface area contributed by atoms with E-state index in [-0.39, 0.29) is 11.3 Å². The van der Waals surface area contributed by atoms with Crippen molar-refractivity contribution in [3.63, 3.8) is 0 Å². The second-order valence-electron chi connectivity index (χ2n) is 6.18. The van der Waals surface area contributed by atoms with E-state index in [9.17, 15) is 0 Å². The number of nitrogens with zero attached hydrogens (tertiary/aromatic N) is 2. The molecule has 0 unspecified atom stereocenters. The second-order valence-corrected chi connectivity index (χ2v) is 6.18. The van der Waals surface area contributed by atoms with Crippen LogP contribution in [0.4, 0.5) is 11.5 Å². The number of anilines is 2. The molecule has 4 heteroatoms. The molecule has 1 aromatic carbocycles. The Hall–Kier alpha value is -2.36. The topological polar surface area (TPSA) is 66.0 Å². The molecular formula is C17H22N4. The van der Waals surface area contributed by atoms with Crippen molar-refractivity contribution in [1.82, 2.24) is 4.98 Å². The van der Waals surface area contributed by atoms with Crippen LogP contribution in [0.25, 0.3) is 0 Å². The van der Waals surface area contributed by atoms with E-state index < -0.39 is 0 Å². The minimum absolute atomic E-state index is 0.0706. The molecule has 2 rings (SSSR count). The van der Waals surface area contributed by atoms with Crippen LogP contribution < -0.4 is 10.6 Å². The summed E-state index contributed by atoms with van der Waals surface area (Å²) in [6, 6.07) is 11.7. The lowest BCUT2D eigenvalue weighted by molar-refractivity contribution is 0.587. The number of benzene rings is 1. The van der Waals surface area contributed by atoms with Gasteiger partial charge in [-0.3, -0.25) is 5.41 Å². The smallest absolute Gasteiger partial charge is 0.132 e. The number of pyridine rings is 1. The Morgan fingerprint density at radius 3 is 2.43 bits per heavy atom. The van der Waals surface area contributed by atoms with Gasteiger partial charge in [0.05, 0.1) is 0 Å². The van der Waals surface area contributed by atoms with Gasteiger partial charge in [-0.25, -0.2) is 4.98 Å². The Morgan fingerprint density at radius 1 is 1.19 bits per heavy atom. The summed E-state index contributed by atoms with van der Waals surface area (Å²) < 4.78 is 0. The number of amidine groups is 1. The van der Waals surface area contributed by atoms with Gasteiger partial charge < -0.3 is 10.6 Å². The summed E-state index contributed by atoms with van der Waals surface area (Å²) in [4.78, 5) is 6.52. The molecular weight excluding hydrogens is 260 g/mol. The Bertz CT molecular complexity index is 639. The molecule has 0 fully saturated rings. The number of nitrogen functional groups attached to an aromatic ring is 1. The standard InChI is InChI=1S/C17H22N4/c1-17(2,3)13-8-9-15(20-11-13)21(4)14-7-5-6-12(10-14)16(18)19/h5-11H,1-4H3,(H3,18,19). The number of aromatic nitrogens is 1. The maximum Gasteiger partial charge on any atom is 0.132 e. The monoisotopic (exact) mass is 282 g/mol. The van der Waals surface area contributed by atoms with Crippen molar-refractivity contribution in [3.8, 4) is 0 Å². The average Bonchev–Trinajstić information content (AvgIpc) is 2.46. The SMILES string of the molecule is CN(c1cccc(C(=N)N)c1)c1ccc(C(C)(C)C)cn1. The van der Waals surface area contributed by atoms with E-state index in [0.717, 1.165) is 11.5 Å². The molecule has 0 saturated carbocycles. The van der Waals surface area contributed by atoms with Crippen LogP contribution >= 0.6 is 0 Å². The van der Waals surface area contributed by atoms with E-state index in [1.807, 2.05) is 48.5 Å². The number of nitrogens with one attached hydrogen (secondary N) is 1. The van der Waals surface area contributed by atoms with Gasteiger partial charge >= 0.3 is 0 Å². The number of rotatable bonds is 3. The first-order valence-electron chi connectivity index (χ1n) is 6.94. The van der Waals surface area contributed by atoms with Crippen molar-refractivity contribution in [3.05, 3.63) is 53.7 Å². The van der Waals surface area contributed by atoms with Crippen molar-refractivity contribution in [1.29, 1.82) is 5.41 Å². The molecule has 1 heterocycles. The molecule has 0 amide bonds. The van der Waals surface area contributed by atoms with Gasteiger partial charge in [0.1, 0.15) is 11.7 Å². The van der Waals surface area contributed by atoms with Crippen LogP contribution in [0.2, 0.25) is 0 Å². The summed E-state index contributed by atoms with van der Waals surface area (Å²) in [5.41, 5.74) is 8.51. The fourth-order valence-corrected chi connectivity index (χ4v) is 2.04. The van der Waals surface area contributed by atoms with Crippen LogP contribution in [-0.4, -0.2) is 17.9 Å². The summed E-state index contributed by atoms with van der Waals surface area (Å²) in [5.74, 6) is 0.935. The molecule has 0 atom stereocenters. The van der Waals surface area contributed by atoms with Gasteiger partial charge in [-0.1, -0.05) is 39.0 Å². The van der Waals surface area contributed by atoms with Gasteiger partial charge in [0.15, 0.2) is 0 Å². The highest BCUT2D eigenvalue weighted by atomic mass is 15.2. The summed E-state index contributed by atoms with van der Waals surface area (Å²) in [7, 11) is 1.96. The zero-order valence-electron chi connectivity index (χ0n) is 13.0. The number of nitrogens with two attached hydrogens (primary N) is 1. The van der Waals surface area contributed by atoms with Crippen molar-refractivity contribution >= 4 is 17.3 Å². The highest BCUT2D eigenvalue weighted by Crippen LogP contribution is 2.26. The zero-order chi connectivity index (χ0) is 15.6. The first-order valence-corrected chi connectivity index (χ1v) is 6.94. The van der Waals surface area contributed by atoms with Crippen LogP contribution in [0.5, 0.6) is 0 Å². The quantitative estimate of drug-likeness (QED) is 0.669. The molecule has 4 nitrogen and oxygen atoms in total. The van der Waals surface area contributed by atoms with Gasteiger partial charge in [0, 0.05) is 24.5 Å². The fraction of sp³-hybridized carbons (Fsp3) is 0.294. The van der Waals surface area contributed by atoms with E-state index >= 15 is 0 Å². The first-order chi connectivity index (χ1) is 9.79. The Morgan fingerprint density at radius 2 is 1.90 bits per heavy atom. The van der Waals surface area contributed by atoms with Gasteiger partial charge in [0.2, 0.25) is 0 Å². The van der Waals surface area contributed by atoms with Crippen molar-refractivity contribution in [2.24, 2.45) is 5.73 Å². The maximum absolute atomic E-state index is 7.52. The van der Waals surface area contributed by atoms with E-state index in [4.69, 9.17) is 11.1 Å². The molecule has 2 aromatic rings. The van der Waals surface area contributed by atoms with E-state index in [0.29, 0.717) is 5.56 Å². The normalized spacial score (nSPS) is 11.2. The minimum Gasteiger partial charge on any atom is -0.384 e. The third-order valence-corrected chi connectivity index (χ3v) is 3.50. The van der Waals surface area contributed by atoms with Crippen molar-refractivity contribution in [2.45, 2.75) is 26.2 Å². The third-order valence-electron chi connectivity index (χ3n) is 3.50. The molecule has 0 aliphatic carbocycles. The molecule has 21 heavy (non-hydrogen) atoms. The van der Waals surface area contributed by atoms with Crippen LogP contribution in [0, 0.1) is 5.41 Å². The van der Waals surface area contributed by atoms with Crippen LogP contribution in [0.1, 0.15) is 31.9 Å². The predicted molar refractivity (Wildman–Crippen MR) is 88.5 cm³/mol. The second kappa shape index (κ2) is 5.56. The number of hydrogen-bond donors (Lipinski definition) is 2. The molecule has 0 radical (unpaired) electrons. The summed E-state index contributed by atoms with van der Waals surface area (Å²) in [6.45, 7) is 6.51. The lowest BCUT2D eigenvalue weighted by atomic mass is 9.88. The molecule has 0 aliphatic heterocycles. The van der Waals surface area contributed by atoms with Gasteiger partial charge in [-0.2, -0.15) is 0 Å². The Balaban J connectivity index is 2.30. The van der Waals surface area contributed by atoms with E-state index in [2.05, 4.69) is 31.8 Å². The number of hydrogen-bond acceptors (Lipinski definition) is 3. The highest BCUT2D eigenvalue weighted by molar-refractivity contribution is 5.96. The Kier molecular flexibility index (Phi) is 3.98.